The molecule has 2 unspecified atom stereocenters. The molecule has 3 aromatic rings. The van der Waals surface area contributed by atoms with Gasteiger partial charge < -0.3 is 14.2 Å². The maximum atomic E-state index is 15.4. The summed E-state index contributed by atoms with van der Waals surface area (Å²) in [7, 11) is -0.666. The van der Waals surface area contributed by atoms with E-state index in [2.05, 4.69) is 28.5 Å². The lowest BCUT2D eigenvalue weighted by molar-refractivity contribution is 0.00578. The molecule has 2 fully saturated rings. The van der Waals surface area contributed by atoms with Gasteiger partial charge in [-0.05, 0) is 70.8 Å². The van der Waals surface area contributed by atoms with Crippen molar-refractivity contribution in [1.29, 1.82) is 0 Å². The molecule has 1 aromatic carbocycles. The normalized spacial score (nSPS) is 22.9. The summed E-state index contributed by atoms with van der Waals surface area (Å²) in [5.74, 6) is -0.306. The SMILES string of the molecule is C=Cc1cc(C(=O)N2CCC3C=CC=C=C3C2C)nc2cc(-c3ccc(B4OC(C)(C)C(C)(C)O4)cc3F)nn12. The summed E-state index contributed by atoms with van der Waals surface area (Å²) in [4.78, 5) is 20.1. The molecule has 7 nitrogen and oxygen atoms in total. The maximum absolute atomic E-state index is 15.4. The van der Waals surface area contributed by atoms with Crippen LogP contribution in [-0.4, -0.2) is 56.3 Å². The molecule has 0 bridgehead atoms. The number of likely N-dealkylation sites (tertiary alicyclic amines) is 1. The van der Waals surface area contributed by atoms with Gasteiger partial charge in [-0.3, -0.25) is 4.79 Å². The molecule has 3 aliphatic rings. The second-order valence-corrected chi connectivity index (χ2v) is 11.6. The van der Waals surface area contributed by atoms with Crippen LogP contribution in [-0.2, 0) is 9.31 Å². The van der Waals surface area contributed by atoms with Crippen molar-refractivity contribution in [2.75, 3.05) is 6.54 Å². The van der Waals surface area contributed by atoms with Crippen molar-refractivity contribution < 1.29 is 18.5 Å². The van der Waals surface area contributed by atoms with Crippen molar-refractivity contribution in [3.63, 3.8) is 0 Å². The molecule has 2 aliphatic heterocycles. The van der Waals surface area contributed by atoms with Gasteiger partial charge in [0.25, 0.3) is 5.91 Å². The highest BCUT2D eigenvalue weighted by atomic mass is 19.1. The first kappa shape index (κ1) is 26.4. The molecule has 40 heavy (non-hydrogen) atoms. The Balaban J connectivity index is 1.31. The van der Waals surface area contributed by atoms with E-state index in [0.717, 1.165) is 12.0 Å². The van der Waals surface area contributed by atoms with E-state index in [9.17, 15) is 4.79 Å². The van der Waals surface area contributed by atoms with Gasteiger partial charge in [0.15, 0.2) is 5.65 Å². The van der Waals surface area contributed by atoms with E-state index in [-0.39, 0.29) is 11.9 Å². The van der Waals surface area contributed by atoms with Crippen LogP contribution in [0.4, 0.5) is 4.39 Å². The number of fused-ring (bicyclic) bond motifs is 2. The summed E-state index contributed by atoms with van der Waals surface area (Å²) in [6, 6.07) is 8.16. The van der Waals surface area contributed by atoms with Crippen LogP contribution in [0.3, 0.4) is 0 Å². The van der Waals surface area contributed by atoms with Gasteiger partial charge in [-0.2, -0.15) is 5.10 Å². The first-order valence-corrected chi connectivity index (χ1v) is 13.6. The van der Waals surface area contributed by atoms with Crippen LogP contribution in [0.25, 0.3) is 23.0 Å². The topological polar surface area (TPSA) is 69.0 Å². The minimum Gasteiger partial charge on any atom is -0.399 e. The fourth-order valence-corrected chi connectivity index (χ4v) is 5.54. The molecule has 2 saturated heterocycles. The van der Waals surface area contributed by atoms with E-state index in [0.29, 0.717) is 46.2 Å². The average molecular weight is 538 g/mol. The molecule has 9 heteroatoms. The van der Waals surface area contributed by atoms with Crippen molar-refractivity contribution in [2.45, 2.75) is 58.3 Å². The third-order valence-electron chi connectivity index (χ3n) is 8.63. The monoisotopic (exact) mass is 538 g/mol. The second-order valence-electron chi connectivity index (χ2n) is 11.6. The number of carbonyl (C=O) groups excluding carboxylic acids is 1. The summed E-state index contributed by atoms with van der Waals surface area (Å²) in [6.45, 7) is 14.4. The summed E-state index contributed by atoms with van der Waals surface area (Å²) < 4.78 is 29.2. The van der Waals surface area contributed by atoms with Gasteiger partial charge in [0, 0.05) is 29.7 Å². The van der Waals surface area contributed by atoms with E-state index < -0.39 is 24.1 Å². The lowest BCUT2D eigenvalue weighted by Gasteiger charge is -2.38. The van der Waals surface area contributed by atoms with E-state index in [1.54, 1.807) is 34.9 Å². The van der Waals surface area contributed by atoms with Crippen LogP contribution in [0.5, 0.6) is 0 Å². The molecule has 0 N–H and O–H groups in total. The highest BCUT2D eigenvalue weighted by Crippen LogP contribution is 2.37. The minimum absolute atomic E-state index is 0.0882. The molecular formula is C31H32BFN4O3. The molecule has 4 heterocycles. The van der Waals surface area contributed by atoms with Gasteiger partial charge in [-0.25, -0.2) is 13.9 Å². The van der Waals surface area contributed by atoms with E-state index in [1.165, 1.54) is 6.07 Å². The van der Waals surface area contributed by atoms with E-state index in [1.807, 2.05) is 51.7 Å². The number of rotatable bonds is 4. The predicted molar refractivity (Wildman–Crippen MR) is 154 cm³/mol. The molecule has 1 amide bonds. The summed E-state index contributed by atoms with van der Waals surface area (Å²) in [5.41, 5.74) is 6.03. The lowest BCUT2D eigenvalue weighted by Crippen LogP contribution is -2.46. The number of hydrogen-bond donors (Lipinski definition) is 0. The maximum Gasteiger partial charge on any atom is 0.494 e. The number of carbonyl (C=O) groups is 1. The second kappa shape index (κ2) is 9.41. The molecule has 204 valence electrons. The van der Waals surface area contributed by atoms with Crippen molar-refractivity contribution in [1.82, 2.24) is 19.5 Å². The van der Waals surface area contributed by atoms with Crippen molar-refractivity contribution in [2.24, 2.45) is 5.92 Å². The molecule has 0 spiro atoms. The fraction of sp³-hybridized carbons (Fsp3) is 0.355. The zero-order chi connectivity index (χ0) is 28.4. The minimum atomic E-state index is -0.666. The number of nitrogens with zero attached hydrogens (tertiary/aromatic N) is 4. The molecule has 0 radical (unpaired) electrons. The van der Waals surface area contributed by atoms with Crippen LogP contribution in [0.1, 0.15) is 57.2 Å². The molecule has 6 rings (SSSR count). The van der Waals surface area contributed by atoms with Gasteiger partial charge >= 0.3 is 7.12 Å². The smallest absolute Gasteiger partial charge is 0.399 e. The van der Waals surface area contributed by atoms with E-state index >= 15 is 4.39 Å². The first-order chi connectivity index (χ1) is 19.0. The Morgan fingerprint density at radius 2 is 1.95 bits per heavy atom. The quantitative estimate of drug-likeness (QED) is 0.346. The first-order valence-electron chi connectivity index (χ1n) is 13.6. The Hall–Kier alpha value is -3.78. The zero-order valence-corrected chi connectivity index (χ0v) is 23.4. The number of amides is 1. The molecule has 2 aromatic heterocycles. The number of benzene rings is 1. The van der Waals surface area contributed by atoms with Gasteiger partial charge in [-0.15, -0.1) is 5.73 Å². The van der Waals surface area contributed by atoms with Gasteiger partial charge in [0.05, 0.1) is 28.6 Å². The van der Waals surface area contributed by atoms with Crippen LogP contribution >= 0.6 is 0 Å². The highest BCUT2D eigenvalue weighted by molar-refractivity contribution is 6.62. The van der Waals surface area contributed by atoms with Crippen LogP contribution in [0.15, 0.2) is 66.4 Å². The zero-order valence-electron chi connectivity index (χ0n) is 23.4. The number of piperidine rings is 1. The van der Waals surface area contributed by atoms with Crippen molar-refractivity contribution in [3.8, 4) is 11.3 Å². The number of hydrogen-bond acceptors (Lipinski definition) is 5. The number of aromatic nitrogens is 3. The van der Waals surface area contributed by atoms with Gasteiger partial charge in [-0.1, -0.05) is 30.9 Å². The molecule has 1 aliphatic carbocycles. The Labute approximate surface area is 233 Å². The Bertz CT molecular complexity index is 1630. The van der Waals surface area contributed by atoms with E-state index in [4.69, 9.17) is 9.31 Å². The van der Waals surface area contributed by atoms with Crippen molar-refractivity contribution in [3.05, 3.63) is 83.6 Å². The average Bonchev–Trinajstić information content (AvgIpc) is 3.44. The van der Waals surface area contributed by atoms with Crippen LogP contribution in [0, 0.1) is 11.7 Å². The van der Waals surface area contributed by atoms with Crippen LogP contribution in [0.2, 0.25) is 0 Å². The van der Waals surface area contributed by atoms with Gasteiger partial charge in [0.1, 0.15) is 11.5 Å². The summed E-state index contributed by atoms with van der Waals surface area (Å²) in [5, 5.41) is 4.60. The van der Waals surface area contributed by atoms with Crippen LogP contribution < -0.4 is 5.46 Å². The molecule has 0 saturated carbocycles. The predicted octanol–water partition coefficient (Wildman–Crippen LogP) is 4.98. The van der Waals surface area contributed by atoms with Crippen molar-refractivity contribution >= 4 is 30.2 Å². The fourth-order valence-electron chi connectivity index (χ4n) is 5.54. The third kappa shape index (κ3) is 4.26. The molecular weight excluding hydrogens is 506 g/mol. The summed E-state index contributed by atoms with van der Waals surface area (Å²) in [6.07, 6.45) is 8.53. The largest absolute Gasteiger partial charge is 0.494 e. The summed E-state index contributed by atoms with van der Waals surface area (Å²) >= 11 is 0. The Kier molecular flexibility index (Phi) is 6.22. The lowest BCUT2D eigenvalue weighted by atomic mass is 9.78. The third-order valence-corrected chi connectivity index (χ3v) is 8.63. The standard InChI is InChI=1S/C31H32BFN4O3/c1-7-22-17-27(29(38)36-15-14-20-10-8-9-11-23(20)19(36)2)34-28-18-26(35-37(22)28)24-13-12-21(16-25(24)33)32-39-30(3,4)31(5,6)40-32/h7-10,12-13,16-20H,1,14-15H2,2-6H3. The molecule has 2 atom stereocenters. The number of halogens is 1. The Morgan fingerprint density at radius 1 is 1.20 bits per heavy atom. The number of allylic oxidation sites excluding steroid dienone is 2. The van der Waals surface area contributed by atoms with Gasteiger partial charge in [0.2, 0.25) is 0 Å². The highest BCUT2D eigenvalue weighted by Gasteiger charge is 2.51. The Morgan fingerprint density at radius 3 is 2.65 bits per heavy atom.